The highest BCUT2D eigenvalue weighted by atomic mass is 16.5. The molecule has 0 bridgehead atoms. The van der Waals surface area contributed by atoms with Gasteiger partial charge in [0, 0.05) is 5.92 Å². The van der Waals surface area contributed by atoms with Crippen LogP contribution in [0.25, 0.3) is 0 Å². The summed E-state index contributed by atoms with van der Waals surface area (Å²) >= 11 is 0. The van der Waals surface area contributed by atoms with E-state index in [0.717, 1.165) is 18.8 Å². The van der Waals surface area contributed by atoms with E-state index >= 15 is 0 Å². The second kappa shape index (κ2) is 4.25. The van der Waals surface area contributed by atoms with Crippen molar-refractivity contribution in [1.82, 2.24) is 0 Å². The van der Waals surface area contributed by atoms with Crippen molar-refractivity contribution in [3.8, 4) is 5.75 Å². The molecule has 0 aromatic heterocycles. The van der Waals surface area contributed by atoms with Gasteiger partial charge in [0.05, 0.1) is 6.61 Å². The van der Waals surface area contributed by atoms with E-state index in [1.54, 1.807) is 0 Å². The van der Waals surface area contributed by atoms with E-state index in [1.807, 2.05) is 18.2 Å². The summed E-state index contributed by atoms with van der Waals surface area (Å²) in [6, 6.07) is 16.8. The Morgan fingerprint density at radius 3 is 2.65 bits per heavy atom. The minimum atomic E-state index is 0.575. The van der Waals surface area contributed by atoms with Crippen LogP contribution in [0.5, 0.6) is 5.75 Å². The number of rotatable bonds is 3. The summed E-state index contributed by atoms with van der Waals surface area (Å²) in [6.07, 6.45) is 1.15. The van der Waals surface area contributed by atoms with E-state index in [4.69, 9.17) is 4.74 Å². The van der Waals surface area contributed by atoms with Crippen molar-refractivity contribution in [3.05, 3.63) is 65.2 Å². The fourth-order valence-corrected chi connectivity index (χ4v) is 2.42. The molecule has 2 aromatic rings. The number of benzene rings is 2. The summed E-state index contributed by atoms with van der Waals surface area (Å²) < 4.78 is 5.90. The molecular formula is C16H16O. The van der Waals surface area contributed by atoms with E-state index in [9.17, 15) is 0 Å². The van der Waals surface area contributed by atoms with E-state index < -0.39 is 0 Å². The number of hydrogen-bond acceptors (Lipinski definition) is 1. The molecule has 1 aliphatic carbocycles. The zero-order valence-electron chi connectivity index (χ0n) is 10.0. The summed E-state index contributed by atoms with van der Waals surface area (Å²) in [5, 5.41) is 0. The monoisotopic (exact) mass is 224 g/mol. The van der Waals surface area contributed by atoms with Gasteiger partial charge in [-0.2, -0.15) is 0 Å². The van der Waals surface area contributed by atoms with Gasteiger partial charge in [0.25, 0.3) is 0 Å². The second-order valence-corrected chi connectivity index (χ2v) is 4.68. The molecule has 86 valence electrons. The van der Waals surface area contributed by atoms with Crippen LogP contribution in [0.4, 0.5) is 0 Å². The lowest BCUT2D eigenvalue weighted by molar-refractivity contribution is 0.273. The molecule has 2 aromatic carbocycles. The SMILES string of the molecule is Cc1ccccc1OCC1Cc2ccccc21. The van der Waals surface area contributed by atoms with Crippen molar-refractivity contribution < 1.29 is 4.74 Å². The van der Waals surface area contributed by atoms with Gasteiger partial charge in [-0.25, -0.2) is 0 Å². The lowest BCUT2D eigenvalue weighted by atomic mass is 9.78. The fourth-order valence-electron chi connectivity index (χ4n) is 2.42. The standard InChI is InChI=1S/C16H16O/c1-12-6-2-5-9-16(12)17-11-14-10-13-7-3-4-8-15(13)14/h2-9,14H,10-11H2,1H3. The normalized spacial score (nSPS) is 17.1. The van der Waals surface area contributed by atoms with Crippen molar-refractivity contribution in [3.63, 3.8) is 0 Å². The first kappa shape index (κ1) is 10.4. The molecule has 0 N–H and O–H groups in total. The Balaban J connectivity index is 1.66. The third kappa shape index (κ3) is 1.93. The smallest absolute Gasteiger partial charge is 0.122 e. The Kier molecular flexibility index (Phi) is 2.60. The van der Waals surface area contributed by atoms with E-state index in [0.29, 0.717) is 5.92 Å². The van der Waals surface area contributed by atoms with E-state index in [-0.39, 0.29) is 0 Å². The largest absolute Gasteiger partial charge is 0.493 e. The van der Waals surface area contributed by atoms with Gasteiger partial charge in [0.15, 0.2) is 0 Å². The molecule has 0 aliphatic heterocycles. The molecule has 1 nitrogen and oxygen atoms in total. The number of ether oxygens (including phenoxy) is 1. The van der Waals surface area contributed by atoms with Gasteiger partial charge in [0.1, 0.15) is 5.75 Å². The van der Waals surface area contributed by atoms with Gasteiger partial charge in [0.2, 0.25) is 0 Å². The Morgan fingerprint density at radius 1 is 1.06 bits per heavy atom. The zero-order chi connectivity index (χ0) is 11.7. The van der Waals surface area contributed by atoms with Crippen LogP contribution in [0, 0.1) is 6.92 Å². The van der Waals surface area contributed by atoms with Gasteiger partial charge in [-0.3, -0.25) is 0 Å². The first-order valence-corrected chi connectivity index (χ1v) is 6.11. The highest BCUT2D eigenvalue weighted by Crippen LogP contribution is 2.35. The number of fused-ring (bicyclic) bond motifs is 1. The van der Waals surface area contributed by atoms with Gasteiger partial charge in [-0.05, 0) is 36.1 Å². The topological polar surface area (TPSA) is 9.23 Å². The van der Waals surface area contributed by atoms with Crippen LogP contribution >= 0.6 is 0 Å². The number of aryl methyl sites for hydroxylation is 1. The first-order chi connectivity index (χ1) is 8.34. The van der Waals surface area contributed by atoms with Crippen LogP contribution < -0.4 is 4.74 Å². The molecule has 0 radical (unpaired) electrons. The molecule has 17 heavy (non-hydrogen) atoms. The predicted molar refractivity (Wildman–Crippen MR) is 69.6 cm³/mol. The third-order valence-corrected chi connectivity index (χ3v) is 3.49. The van der Waals surface area contributed by atoms with Crippen LogP contribution in [0.1, 0.15) is 22.6 Å². The molecule has 0 heterocycles. The van der Waals surface area contributed by atoms with Crippen LogP contribution in [-0.2, 0) is 6.42 Å². The average molecular weight is 224 g/mol. The quantitative estimate of drug-likeness (QED) is 0.772. The number of hydrogen-bond donors (Lipinski definition) is 0. The highest BCUT2D eigenvalue weighted by molar-refractivity contribution is 5.40. The minimum absolute atomic E-state index is 0.575. The van der Waals surface area contributed by atoms with Gasteiger partial charge in [-0.15, -0.1) is 0 Å². The summed E-state index contributed by atoms with van der Waals surface area (Å²) in [7, 11) is 0. The molecule has 0 fully saturated rings. The van der Waals surface area contributed by atoms with Gasteiger partial charge >= 0.3 is 0 Å². The lowest BCUT2D eigenvalue weighted by Crippen LogP contribution is -2.23. The van der Waals surface area contributed by atoms with Crippen molar-refractivity contribution in [2.75, 3.05) is 6.61 Å². The maximum atomic E-state index is 5.90. The molecule has 1 unspecified atom stereocenters. The summed E-state index contributed by atoms with van der Waals surface area (Å²) in [5.41, 5.74) is 4.15. The Hall–Kier alpha value is -1.76. The fraction of sp³-hybridized carbons (Fsp3) is 0.250. The summed E-state index contributed by atoms with van der Waals surface area (Å²) in [5.74, 6) is 1.59. The Bertz CT molecular complexity index is 531. The van der Waals surface area contributed by atoms with Crippen molar-refractivity contribution in [2.24, 2.45) is 0 Å². The van der Waals surface area contributed by atoms with Crippen molar-refractivity contribution in [1.29, 1.82) is 0 Å². The molecule has 0 saturated carbocycles. The van der Waals surface area contributed by atoms with Gasteiger partial charge in [-0.1, -0.05) is 42.5 Å². The zero-order valence-corrected chi connectivity index (χ0v) is 10.0. The second-order valence-electron chi connectivity index (χ2n) is 4.68. The van der Waals surface area contributed by atoms with Crippen LogP contribution in [0.3, 0.4) is 0 Å². The predicted octanol–water partition coefficient (Wildman–Crippen LogP) is 3.71. The first-order valence-electron chi connectivity index (χ1n) is 6.11. The molecule has 0 amide bonds. The van der Waals surface area contributed by atoms with Crippen molar-refractivity contribution >= 4 is 0 Å². The number of para-hydroxylation sites is 1. The molecule has 0 saturated heterocycles. The molecule has 1 heteroatoms. The summed E-state index contributed by atoms with van der Waals surface area (Å²) in [6.45, 7) is 2.88. The maximum absolute atomic E-state index is 5.90. The molecule has 3 rings (SSSR count). The Morgan fingerprint density at radius 2 is 1.82 bits per heavy atom. The lowest BCUT2D eigenvalue weighted by Gasteiger charge is -2.30. The van der Waals surface area contributed by atoms with Crippen LogP contribution in [-0.4, -0.2) is 6.61 Å². The third-order valence-electron chi connectivity index (χ3n) is 3.49. The molecule has 1 atom stereocenters. The van der Waals surface area contributed by atoms with Gasteiger partial charge < -0.3 is 4.74 Å². The average Bonchev–Trinajstić information content (AvgIpc) is 2.32. The molecular weight excluding hydrogens is 208 g/mol. The summed E-state index contributed by atoms with van der Waals surface area (Å²) in [4.78, 5) is 0. The molecule has 0 spiro atoms. The van der Waals surface area contributed by atoms with Crippen LogP contribution in [0.2, 0.25) is 0 Å². The van der Waals surface area contributed by atoms with Crippen molar-refractivity contribution in [2.45, 2.75) is 19.3 Å². The molecule has 1 aliphatic rings. The van der Waals surface area contributed by atoms with Crippen LogP contribution in [0.15, 0.2) is 48.5 Å². The minimum Gasteiger partial charge on any atom is -0.493 e. The van der Waals surface area contributed by atoms with E-state index in [2.05, 4.69) is 37.3 Å². The Labute approximate surface area is 102 Å². The van der Waals surface area contributed by atoms with E-state index in [1.165, 1.54) is 16.7 Å². The maximum Gasteiger partial charge on any atom is 0.122 e. The highest BCUT2D eigenvalue weighted by Gasteiger charge is 2.25.